The van der Waals surface area contributed by atoms with Crippen LogP contribution in [0.3, 0.4) is 0 Å². The van der Waals surface area contributed by atoms with E-state index in [0.29, 0.717) is 0 Å². The Morgan fingerprint density at radius 2 is 1.13 bits per heavy atom. The maximum absolute atomic E-state index is 6.58. The average Bonchev–Trinajstić information content (AvgIpc) is 3.81. The van der Waals surface area contributed by atoms with E-state index in [0.717, 1.165) is 55.5 Å². The van der Waals surface area contributed by atoms with Crippen LogP contribution in [0.1, 0.15) is 0 Å². The van der Waals surface area contributed by atoms with Crippen LogP contribution in [0.2, 0.25) is 0 Å². The van der Waals surface area contributed by atoms with Gasteiger partial charge in [-0.05, 0) is 93.0 Å². The van der Waals surface area contributed by atoms with Crippen molar-refractivity contribution in [2.45, 2.75) is 0 Å². The molecule has 3 heteroatoms. The van der Waals surface area contributed by atoms with Gasteiger partial charge in [0.25, 0.3) is 0 Å². The molecule has 0 saturated carbocycles. The van der Waals surface area contributed by atoms with Crippen LogP contribution >= 0.6 is 11.3 Å². The SMILES string of the molecule is c1cc(-c2cccc3oc4c5ccccc5ccc4c23)cc(N(c2ccc(-c3ccc4ccccc4c3)cc2)c2cccc3c2sc2ccccc23)c1. The molecule has 2 heterocycles. The molecule has 11 aromatic rings. The first-order valence-electron chi connectivity index (χ1n) is 18.0. The first-order valence-corrected chi connectivity index (χ1v) is 18.8. The van der Waals surface area contributed by atoms with E-state index in [-0.39, 0.29) is 0 Å². The Morgan fingerprint density at radius 1 is 0.415 bits per heavy atom. The minimum absolute atomic E-state index is 0.899. The van der Waals surface area contributed by atoms with Crippen LogP contribution in [0.4, 0.5) is 17.1 Å². The molecule has 0 saturated heterocycles. The molecule has 0 unspecified atom stereocenters. The second-order valence-corrected chi connectivity index (χ2v) is 14.7. The maximum Gasteiger partial charge on any atom is 0.143 e. The molecule has 11 rings (SSSR count). The largest absolute Gasteiger partial charge is 0.455 e. The van der Waals surface area contributed by atoms with E-state index < -0.39 is 0 Å². The van der Waals surface area contributed by atoms with Crippen LogP contribution in [-0.4, -0.2) is 0 Å². The second kappa shape index (κ2) is 11.9. The molecule has 2 aromatic heterocycles. The van der Waals surface area contributed by atoms with E-state index in [9.17, 15) is 0 Å². The van der Waals surface area contributed by atoms with Crippen LogP contribution in [0.15, 0.2) is 192 Å². The number of anilines is 3. The summed E-state index contributed by atoms with van der Waals surface area (Å²) in [5, 5.41) is 9.66. The van der Waals surface area contributed by atoms with E-state index in [1.807, 2.05) is 11.3 Å². The van der Waals surface area contributed by atoms with Crippen LogP contribution in [-0.2, 0) is 0 Å². The smallest absolute Gasteiger partial charge is 0.143 e. The summed E-state index contributed by atoms with van der Waals surface area (Å²) < 4.78 is 9.15. The molecule has 0 atom stereocenters. The quantitative estimate of drug-likeness (QED) is 0.178. The van der Waals surface area contributed by atoms with Crippen LogP contribution in [0.5, 0.6) is 0 Å². The molecule has 0 aliphatic heterocycles. The molecule has 0 aliphatic carbocycles. The summed E-state index contributed by atoms with van der Waals surface area (Å²) in [6.07, 6.45) is 0. The van der Waals surface area contributed by atoms with Crippen molar-refractivity contribution in [2.24, 2.45) is 0 Å². The predicted molar refractivity (Wildman–Crippen MR) is 227 cm³/mol. The third-order valence-electron chi connectivity index (χ3n) is 10.6. The highest BCUT2D eigenvalue weighted by atomic mass is 32.1. The number of hydrogen-bond donors (Lipinski definition) is 0. The summed E-state index contributed by atoms with van der Waals surface area (Å²) in [6.45, 7) is 0. The van der Waals surface area contributed by atoms with Gasteiger partial charge in [0.2, 0.25) is 0 Å². The Bertz CT molecular complexity index is 3190. The minimum atomic E-state index is 0.899. The first-order chi connectivity index (χ1) is 26.3. The van der Waals surface area contributed by atoms with E-state index in [1.54, 1.807) is 0 Å². The number of benzene rings is 9. The van der Waals surface area contributed by atoms with E-state index in [4.69, 9.17) is 4.42 Å². The number of furan rings is 1. The maximum atomic E-state index is 6.58. The van der Waals surface area contributed by atoms with Gasteiger partial charge >= 0.3 is 0 Å². The minimum Gasteiger partial charge on any atom is -0.455 e. The van der Waals surface area contributed by atoms with Crippen LogP contribution in [0, 0.1) is 0 Å². The van der Waals surface area contributed by atoms with Crippen molar-refractivity contribution in [1.29, 1.82) is 0 Å². The summed E-state index contributed by atoms with van der Waals surface area (Å²) in [6, 6.07) is 68.0. The lowest BCUT2D eigenvalue weighted by molar-refractivity contribution is 0.673. The van der Waals surface area contributed by atoms with Gasteiger partial charge in [-0.25, -0.2) is 0 Å². The lowest BCUT2D eigenvalue weighted by atomic mass is 9.97. The van der Waals surface area contributed by atoms with E-state index in [1.165, 1.54) is 47.5 Å². The highest BCUT2D eigenvalue weighted by molar-refractivity contribution is 7.26. The third kappa shape index (κ3) is 4.86. The fraction of sp³-hybridized carbons (Fsp3) is 0. The zero-order valence-electron chi connectivity index (χ0n) is 28.7. The molecular weight excluding hydrogens is 663 g/mol. The fourth-order valence-electron chi connectivity index (χ4n) is 8.11. The molecule has 0 amide bonds. The normalized spacial score (nSPS) is 11.8. The van der Waals surface area contributed by atoms with Gasteiger partial charge in [0.15, 0.2) is 0 Å². The molecule has 9 aromatic carbocycles. The molecule has 0 radical (unpaired) electrons. The van der Waals surface area contributed by atoms with E-state index in [2.05, 4.69) is 193 Å². The van der Waals surface area contributed by atoms with Crippen molar-refractivity contribution in [3.05, 3.63) is 188 Å². The number of thiophene rings is 1. The van der Waals surface area contributed by atoms with Crippen molar-refractivity contribution >= 4 is 92.1 Å². The third-order valence-corrected chi connectivity index (χ3v) is 11.8. The van der Waals surface area contributed by atoms with Gasteiger partial charge in [0.1, 0.15) is 11.2 Å². The highest BCUT2D eigenvalue weighted by Gasteiger charge is 2.20. The summed E-state index contributed by atoms with van der Waals surface area (Å²) in [5.41, 5.74) is 9.91. The lowest BCUT2D eigenvalue weighted by Crippen LogP contribution is -2.10. The van der Waals surface area contributed by atoms with Crippen molar-refractivity contribution < 1.29 is 4.42 Å². The first kappa shape index (κ1) is 30.0. The summed E-state index contributed by atoms with van der Waals surface area (Å²) in [7, 11) is 0. The molecular formula is C50H31NOS. The molecule has 248 valence electrons. The van der Waals surface area contributed by atoms with Crippen molar-refractivity contribution in [1.82, 2.24) is 0 Å². The summed E-state index contributed by atoms with van der Waals surface area (Å²) in [5.74, 6) is 0. The lowest BCUT2D eigenvalue weighted by Gasteiger charge is -2.27. The van der Waals surface area contributed by atoms with E-state index >= 15 is 0 Å². The molecule has 2 nitrogen and oxygen atoms in total. The molecule has 53 heavy (non-hydrogen) atoms. The molecule has 0 fully saturated rings. The molecule has 0 bridgehead atoms. The van der Waals surface area contributed by atoms with Gasteiger partial charge in [0, 0.05) is 43.0 Å². The summed E-state index contributed by atoms with van der Waals surface area (Å²) >= 11 is 1.86. The number of nitrogens with zero attached hydrogens (tertiary/aromatic N) is 1. The number of rotatable bonds is 5. The molecule has 0 spiro atoms. The Labute approximate surface area is 310 Å². The van der Waals surface area contributed by atoms with Crippen molar-refractivity contribution in [3.8, 4) is 22.3 Å². The highest BCUT2D eigenvalue weighted by Crippen LogP contribution is 2.46. The summed E-state index contributed by atoms with van der Waals surface area (Å²) in [4.78, 5) is 2.42. The van der Waals surface area contributed by atoms with Gasteiger partial charge in [-0.3, -0.25) is 0 Å². The van der Waals surface area contributed by atoms with Gasteiger partial charge in [-0.2, -0.15) is 0 Å². The topological polar surface area (TPSA) is 16.4 Å². The molecule has 0 N–H and O–H groups in total. The second-order valence-electron chi connectivity index (χ2n) is 13.7. The van der Waals surface area contributed by atoms with Crippen LogP contribution < -0.4 is 4.90 Å². The number of hydrogen-bond acceptors (Lipinski definition) is 3. The molecule has 0 aliphatic rings. The Hall–Kier alpha value is -6.68. The van der Waals surface area contributed by atoms with Gasteiger partial charge in [-0.1, -0.05) is 133 Å². The van der Waals surface area contributed by atoms with Crippen LogP contribution in [0.25, 0.3) is 85.9 Å². The van der Waals surface area contributed by atoms with Gasteiger partial charge in [0.05, 0.1) is 10.4 Å². The van der Waals surface area contributed by atoms with Crippen molar-refractivity contribution in [3.63, 3.8) is 0 Å². The Balaban J connectivity index is 1.10. The standard InChI is InChI=1S/C50H31NOS/c1-2-12-35-30-36(23-22-32(35)10-1)33-24-27-38(28-25-33)51(45-19-8-18-43-42-16-5-6-21-47(42)53-50(43)45)39-14-7-13-37(31-39)40-17-9-20-46-48(40)44-29-26-34-11-3-4-15-41(34)49(44)52-46/h1-31H. The Kier molecular flexibility index (Phi) is 6.76. The number of fused-ring (bicyclic) bond motifs is 9. The average molecular weight is 694 g/mol. The Morgan fingerprint density at radius 3 is 2.04 bits per heavy atom. The zero-order chi connectivity index (χ0) is 34.9. The monoisotopic (exact) mass is 693 g/mol. The van der Waals surface area contributed by atoms with Crippen molar-refractivity contribution in [2.75, 3.05) is 4.90 Å². The van der Waals surface area contributed by atoms with Gasteiger partial charge in [-0.15, -0.1) is 11.3 Å². The zero-order valence-corrected chi connectivity index (χ0v) is 29.5. The fourth-order valence-corrected chi connectivity index (χ4v) is 9.32. The predicted octanol–water partition coefficient (Wildman–Crippen LogP) is 15.1. The van der Waals surface area contributed by atoms with Gasteiger partial charge < -0.3 is 9.32 Å².